The summed E-state index contributed by atoms with van der Waals surface area (Å²) in [6.07, 6.45) is 0. The number of methoxy groups -OCH3 is 1. The summed E-state index contributed by atoms with van der Waals surface area (Å²) in [6.45, 7) is 5.36. The van der Waals surface area contributed by atoms with Gasteiger partial charge in [-0.25, -0.2) is 13.1 Å². The topological polar surface area (TPSA) is 99.0 Å². The fraction of sp³-hybridized carbons (Fsp3) is 0.174. The molecule has 8 nitrogen and oxygen atoms in total. The molecule has 0 radical (unpaired) electrons. The Balaban J connectivity index is 1.66. The van der Waals surface area contributed by atoms with E-state index >= 15 is 0 Å². The van der Waals surface area contributed by atoms with Crippen LogP contribution in [0.3, 0.4) is 0 Å². The van der Waals surface area contributed by atoms with Gasteiger partial charge in [0.05, 0.1) is 29.9 Å². The highest BCUT2D eigenvalue weighted by Gasteiger charge is 2.26. The number of aryl methyl sites for hydroxylation is 2. The first-order chi connectivity index (χ1) is 15.3. The Kier molecular flexibility index (Phi) is 5.67. The van der Waals surface area contributed by atoms with Crippen molar-refractivity contribution in [2.75, 3.05) is 11.8 Å². The maximum absolute atomic E-state index is 13.1. The van der Waals surface area contributed by atoms with Crippen molar-refractivity contribution >= 4 is 15.7 Å². The average molecular weight is 450 g/mol. The summed E-state index contributed by atoms with van der Waals surface area (Å²) in [4.78, 5) is 0.102. The first-order valence-electron chi connectivity index (χ1n) is 9.93. The monoisotopic (exact) mass is 449 g/mol. The molecule has 32 heavy (non-hydrogen) atoms. The van der Waals surface area contributed by atoms with Gasteiger partial charge in [-0.3, -0.25) is 4.72 Å². The van der Waals surface area contributed by atoms with E-state index < -0.39 is 10.0 Å². The molecule has 4 rings (SSSR count). The molecule has 0 spiro atoms. The Hall–Kier alpha value is -3.72. The second-order valence-corrected chi connectivity index (χ2v) is 9.01. The highest BCUT2D eigenvalue weighted by atomic mass is 32.2. The molecule has 0 aliphatic rings. The molecule has 2 aromatic carbocycles. The van der Waals surface area contributed by atoms with Gasteiger partial charge >= 0.3 is 0 Å². The Morgan fingerprint density at radius 2 is 1.69 bits per heavy atom. The summed E-state index contributed by atoms with van der Waals surface area (Å²) in [5.41, 5.74) is 4.05. The number of benzene rings is 2. The second kappa shape index (κ2) is 8.43. The maximum Gasteiger partial charge on any atom is 0.265 e. The van der Waals surface area contributed by atoms with Crippen molar-refractivity contribution in [1.82, 2.24) is 20.0 Å². The minimum atomic E-state index is -3.88. The number of ether oxygens (including phenoxy) is 1. The molecule has 0 bridgehead atoms. The van der Waals surface area contributed by atoms with Crippen molar-refractivity contribution in [2.24, 2.45) is 0 Å². The number of sulfonamides is 1. The van der Waals surface area contributed by atoms with Gasteiger partial charge in [0.2, 0.25) is 0 Å². The standard InChI is InChI=1S/C23H23N5O3S/c1-15-8-10-18(11-9-15)21-12-13-22(25-24-21)28-17(3)23(16(2)26-28)32(29,30)27-19-6-5-7-20(14-19)31-4/h5-14,27H,1-4H3. The lowest BCUT2D eigenvalue weighted by Crippen LogP contribution is -2.15. The molecule has 0 saturated heterocycles. The van der Waals surface area contributed by atoms with Crippen molar-refractivity contribution in [3.8, 4) is 22.8 Å². The van der Waals surface area contributed by atoms with Crippen LogP contribution in [0.4, 0.5) is 5.69 Å². The van der Waals surface area contributed by atoms with Crippen LogP contribution < -0.4 is 9.46 Å². The van der Waals surface area contributed by atoms with Gasteiger partial charge in [0.1, 0.15) is 10.6 Å². The van der Waals surface area contributed by atoms with E-state index in [1.165, 1.54) is 11.8 Å². The van der Waals surface area contributed by atoms with Crippen LogP contribution in [0.1, 0.15) is 17.0 Å². The highest BCUT2D eigenvalue weighted by Crippen LogP contribution is 2.26. The molecule has 2 heterocycles. The van der Waals surface area contributed by atoms with Crippen molar-refractivity contribution in [2.45, 2.75) is 25.7 Å². The fourth-order valence-corrected chi connectivity index (χ4v) is 4.89. The Labute approximate surface area is 187 Å². The van der Waals surface area contributed by atoms with Gasteiger partial charge in [-0.05, 0) is 45.0 Å². The van der Waals surface area contributed by atoms with E-state index in [-0.39, 0.29) is 4.90 Å². The van der Waals surface area contributed by atoms with Gasteiger partial charge in [-0.2, -0.15) is 5.10 Å². The van der Waals surface area contributed by atoms with Crippen molar-refractivity contribution < 1.29 is 13.2 Å². The minimum absolute atomic E-state index is 0.102. The van der Waals surface area contributed by atoms with Crippen LogP contribution in [-0.4, -0.2) is 35.5 Å². The van der Waals surface area contributed by atoms with Gasteiger partial charge in [0.15, 0.2) is 5.82 Å². The third kappa shape index (κ3) is 4.19. The molecule has 0 atom stereocenters. The molecule has 164 valence electrons. The molecule has 9 heteroatoms. The summed E-state index contributed by atoms with van der Waals surface area (Å²) in [6, 6.07) is 18.3. The predicted molar refractivity (Wildman–Crippen MR) is 123 cm³/mol. The zero-order chi connectivity index (χ0) is 22.9. The number of aromatic nitrogens is 4. The predicted octanol–water partition coefficient (Wildman–Crippen LogP) is 4.06. The summed E-state index contributed by atoms with van der Waals surface area (Å²) in [7, 11) is -2.35. The third-order valence-electron chi connectivity index (χ3n) is 5.03. The fourth-order valence-electron chi connectivity index (χ4n) is 3.45. The van der Waals surface area contributed by atoms with Gasteiger partial charge in [-0.1, -0.05) is 35.9 Å². The quantitative estimate of drug-likeness (QED) is 0.477. The number of anilines is 1. The van der Waals surface area contributed by atoms with Gasteiger partial charge < -0.3 is 4.74 Å². The van der Waals surface area contributed by atoms with Gasteiger partial charge in [0, 0.05) is 11.6 Å². The van der Waals surface area contributed by atoms with E-state index in [9.17, 15) is 8.42 Å². The average Bonchev–Trinajstić information content (AvgIpc) is 3.09. The van der Waals surface area contributed by atoms with Gasteiger partial charge in [-0.15, -0.1) is 10.2 Å². The second-order valence-electron chi connectivity index (χ2n) is 7.39. The van der Waals surface area contributed by atoms with Crippen LogP contribution in [0, 0.1) is 20.8 Å². The number of nitrogens with zero attached hydrogens (tertiary/aromatic N) is 4. The number of hydrogen-bond acceptors (Lipinski definition) is 6. The molecule has 0 fully saturated rings. The van der Waals surface area contributed by atoms with Gasteiger partial charge in [0.25, 0.3) is 10.0 Å². The van der Waals surface area contributed by atoms with Crippen molar-refractivity contribution in [1.29, 1.82) is 0 Å². The van der Waals surface area contributed by atoms with E-state index in [1.807, 2.05) is 37.3 Å². The third-order valence-corrected chi connectivity index (χ3v) is 6.66. The molecule has 0 amide bonds. The molecule has 4 aromatic rings. The zero-order valence-electron chi connectivity index (χ0n) is 18.2. The van der Waals surface area contributed by atoms with Crippen LogP contribution in [0.5, 0.6) is 5.75 Å². The number of rotatable bonds is 6. The molecular weight excluding hydrogens is 426 g/mol. The molecular formula is C23H23N5O3S. The Morgan fingerprint density at radius 1 is 0.938 bits per heavy atom. The van der Waals surface area contributed by atoms with Crippen LogP contribution in [0.25, 0.3) is 17.1 Å². The minimum Gasteiger partial charge on any atom is -0.497 e. The first kappa shape index (κ1) is 21.5. The number of hydrogen-bond donors (Lipinski definition) is 1. The lowest BCUT2D eigenvalue weighted by Gasteiger charge is -2.10. The van der Waals surface area contributed by atoms with Crippen molar-refractivity contribution in [3.63, 3.8) is 0 Å². The normalized spacial score (nSPS) is 11.4. The Bertz CT molecular complexity index is 1360. The first-order valence-corrected chi connectivity index (χ1v) is 11.4. The molecule has 0 aliphatic carbocycles. The lowest BCUT2D eigenvalue weighted by molar-refractivity contribution is 0.415. The molecule has 1 N–H and O–H groups in total. The summed E-state index contributed by atoms with van der Waals surface area (Å²) >= 11 is 0. The number of nitrogens with one attached hydrogen (secondary N) is 1. The molecule has 0 unspecified atom stereocenters. The van der Waals surface area contributed by atoms with E-state index in [0.717, 1.165) is 16.8 Å². The van der Waals surface area contributed by atoms with E-state index in [4.69, 9.17) is 4.74 Å². The van der Waals surface area contributed by atoms with Crippen molar-refractivity contribution in [3.05, 3.63) is 77.6 Å². The largest absolute Gasteiger partial charge is 0.497 e. The summed E-state index contributed by atoms with van der Waals surface area (Å²) in [5.74, 6) is 0.988. The molecule has 2 aromatic heterocycles. The van der Waals surface area contributed by atoms with E-state index in [1.54, 1.807) is 44.2 Å². The van der Waals surface area contributed by atoms with Crippen LogP contribution >= 0.6 is 0 Å². The maximum atomic E-state index is 13.1. The lowest BCUT2D eigenvalue weighted by atomic mass is 10.1. The van der Waals surface area contributed by atoms with Crippen LogP contribution in [0.15, 0.2) is 65.6 Å². The van der Waals surface area contributed by atoms with Crippen LogP contribution in [-0.2, 0) is 10.0 Å². The Morgan fingerprint density at radius 3 is 2.34 bits per heavy atom. The van der Waals surface area contributed by atoms with Crippen LogP contribution in [0.2, 0.25) is 0 Å². The molecule has 0 saturated carbocycles. The summed E-state index contributed by atoms with van der Waals surface area (Å²) < 4.78 is 35.5. The molecule has 0 aliphatic heterocycles. The highest BCUT2D eigenvalue weighted by molar-refractivity contribution is 7.92. The SMILES string of the molecule is COc1cccc(NS(=O)(=O)c2c(C)nn(-c3ccc(-c4ccc(C)cc4)nn3)c2C)c1. The van der Waals surface area contributed by atoms with E-state index in [0.29, 0.717) is 28.6 Å². The van der Waals surface area contributed by atoms with E-state index in [2.05, 4.69) is 20.0 Å². The smallest absolute Gasteiger partial charge is 0.265 e. The summed E-state index contributed by atoms with van der Waals surface area (Å²) in [5, 5.41) is 13.0. The zero-order valence-corrected chi connectivity index (χ0v) is 19.0.